The molecule has 3 atom stereocenters. The summed E-state index contributed by atoms with van der Waals surface area (Å²) in [5.74, 6) is 1.41. The van der Waals surface area contributed by atoms with Gasteiger partial charge < -0.3 is 9.47 Å². The number of carbonyl (C=O) groups is 1. The molecule has 0 aliphatic heterocycles. The number of nitrogens with one attached hydrogen (secondary N) is 1. The second-order valence-electron chi connectivity index (χ2n) is 8.63. The van der Waals surface area contributed by atoms with Crippen LogP contribution in [-0.2, 0) is 11.4 Å². The second kappa shape index (κ2) is 9.50. The predicted octanol–water partition coefficient (Wildman–Crippen LogP) is 6.51. The van der Waals surface area contributed by atoms with E-state index in [9.17, 15) is 4.79 Å². The molecule has 0 aromatic heterocycles. The van der Waals surface area contributed by atoms with Crippen LogP contribution in [-0.4, -0.2) is 19.2 Å². The van der Waals surface area contributed by atoms with E-state index in [0.717, 1.165) is 18.4 Å². The van der Waals surface area contributed by atoms with E-state index in [0.29, 0.717) is 38.0 Å². The van der Waals surface area contributed by atoms with Gasteiger partial charge in [0.25, 0.3) is 0 Å². The van der Waals surface area contributed by atoms with Crippen LogP contribution in [0.5, 0.6) is 11.5 Å². The Kier molecular flexibility index (Phi) is 6.89. The third kappa shape index (κ3) is 4.70. The number of rotatable bonds is 7. The molecule has 2 aliphatic carbocycles. The van der Waals surface area contributed by atoms with Crippen molar-refractivity contribution >= 4 is 46.9 Å². The van der Waals surface area contributed by atoms with Gasteiger partial charge in [-0.1, -0.05) is 60.6 Å². The van der Waals surface area contributed by atoms with E-state index in [1.54, 1.807) is 36.5 Å². The Morgan fingerprint density at radius 3 is 2.72 bits per heavy atom. The number of carbonyl (C=O) groups excluding carboxylic acids is 1. The number of hydrogen-bond donors (Lipinski definition) is 1. The van der Waals surface area contributed by atoms with Crippen LogP contribution < -0.4 is 14.9 Å². The van der Waals surface area contributed by atoms with Crippen LogP contribution in [0.15, 0.2) is 35.4 Å². The lowest BCUT2D eigenvalue weighted by molar-refractivity contribution is -0.123. The van der Waals surface area contributed by atoms with Gasteiger partial charge in [0.15, 0.2) is 11.5 Å². The molecule has 4 rings (SSSR count). The van der Waals surface area contributed by atoms with Gasteiger partial charge in [-0.05, 0) is 54.0 Å². The third-order valence-electron chi connectivity index (χ3n) is 6.64. The molecule has 2 fully saturated rings. The zero-order chi connectivity index (χ0) is 22.9. The lowest BCUT2D eigenvalue weighted by Gasteiger charge is -2.15. The summed E-state index contributed by atoms with van der Waals surface area (Å²) in [5, 5.41) is 5.57. The second-order valence-corrected chi connectivity index (χ2v) is 9.88. The fraction of sp³-hybridized carbons (Fsp3) is 0.417. The molecule has 1 amide bonds. The molecule has 5 nitrogen and oxygen atoms in total. The van der Waals surface area contributed by atoms with Crippen LogP contribution in [0.4, 0.5) is 0 Å². The number of ether oxygens (including phenoxy) is 2. The minimum atomic E-state index is -0.00601. The number of methoxy groups -OCH3 is 1. The lowest BCUT2D eigenvalue weighted by Crippen LogP contribution is -2.22. The Balaban J connectivity index is 1.41. The molecule has 2 aliphatic rings. The Morgan fingerprint density at radius 1 is 1.22 bits per heavy atom. The van der Waals surface area contributed by atoms with E-state index in [1.807, 2.05) is 0 Å². The van der Waals surface area contributed by atoms with Gasteiger partial charge in [-0.2, -0.15) is 5.10 Å². The minimum absolute atomic E-state index is 0.00601. The van der Waals surface area contributed by atoms with E-state index in [2.05, 4.69) is 17.5 Å². The number of hydrogen-bond acceptors (Lipinski definition) is 4. The van der Waals surface area contributed by atoms with Crippen molar-refractivity contribution in [3.63, 3.8) is 0 Å². The normalized spacial score (nSPS) is 24.2. The standard InChI is InChI=1S/C24H25Cl3N2O3/c1-24-8-4-3-5-17(24)21(24)23(30)29-28-12-14-9-19(27)22(20(10-14)31-2)32-13-15-6-7-16(25)11-18(15)26/h6-7,9-12,17,21H,3-5,8,13H2,1-2H3,(H,29,30)/b28-12-/t17-,21-,24-/m0/s1. The largest absolute Gasteiger partial charge is 0.493 e. The summed E-state index contributed by atoms with van der Waals surface area (Å²) < 4.78 is 11.3. The first-order valence-corrected chi connectivity index (χ1v) is 11.7. The number of halogens is 3. The number of amides is 1. The van der Waals surface area contributed by atoms with Crippen molar-refractivity contribution in [2.45, 2.75) is 39.2 Å². The maximum atomic E-state index is 12.6. The fourth-order valence-electron chi connectivity index (χ4n) is 4.83. The van der Waals surface area contributed by atoms with Gasteiger partial charge in [0.1, 0.15) is 6.61 Å². The van der Waals surface area contributed by atoms with Crippen LogP contribution in [0, 0.1) is 17.3 Å². The van der Waals surface area contributed by atoms with Gasteiger partial charge >= 0.3 is 0 Å². The average molecular weight is 496 g/mol. The van der Waals surface area contributed by atoms with Crippen LogP contribution in [0.3, 0.4) is 0 Å². The lowest BCUT2D eigenvalue weighted by atomic mass is 9.90. The maximum absolute atomic E-state index is 12.6. The number of benzene rings is 2. The summed E-state index contributed by atoms with van der Waals surface area (Å²) in [6.45, 7) is 2.42. The zero-order valence-electron chi connectivity index (χ0n) is 18.0. The number of hydrazone groups is 1. The number of nitrogens with zero attached hydrogens (tertiary/aromatic N) is 1. The Labute approximate surface area is 203 Å². The molecule has 2 saturated carbocycles. The molecule has 0 unspecified atom stereocenters. The summed E-state index contributed by atoms with van der Waals surface area (Å²) in [5.41, 5.74) is 4.30. The average Bonchev–Trinajstić information content (AvgIpc) is 3.39. The van der Waals surface area contributed by atoms with E-state index < -0.39 is 0 Å². The first-order chi connectivity index (χ1) is 15.3. The molecular weight excluding hydrogens is 471 g/mol. The van der Waals surface area contributed by atoms with Crippen molar-refractivity contribution < 1.29 is 14.3 Å². The van der Waals surface area contributed by atoms with E-state index in [4.69, 9.17) is 44.3 Å². The van der Waals surface area contributed by atoms with Crippen molar-refractivity contribution in [2.75, 3.05) is 7.11 Å². The molecule has 0 saturated heterocycles. The molecule has 8 heteroatoms. The molecule has 1 N–H and O–H groups in total. The van der Waals surface area contributed by atoms with Gasteiger partial charge in [-0.25, -0.2) is 5.43 Å². The minimum Gasteiger partial charge on any atom is -0.493 e. The van der Waals surface area contributed by atoms with Crippen LogP contribution in [0.25, 0.3) is 0 Å². The third-order valence-corrected chi connectivity index (χ3v) is 7.51. The quantitative estimate of drug-likeness (QED) is 0.352. The fourth-order valence-corrected chi connectivity index (χ4v) is 5.57. The van der Waals surface area contributed by atoms with Crippen LogP contribution >= 0.6 is 34.8 Å². The monoisotopic (exact) mass is 494 g/mol. The maximum Gasteiger partial charge on any atom is 0.244 e. The molecule has 2 aromatic carbocycles. The molecule has 170 valence electrons. The first-order valence-electron chi connectivity index (χ1n) is 10.6. The van der Waals surface area contributed by atoms with E-state index in [-0.39, 0.29) is 23.8 Å². The predicted molar refractivity (Wildman–Crippen MR) is 128 cm³/mol. The highest BCUT2D eigenvalue weighted by molar-refractivity contribution is 6.35. The molecule has 32 heavy (non-hydrogen) atoms. The van der Waals surface area contributed by atoms with Gasteiger partial charge in [0, 0.05) is 21.5 Å². The highest BCUT2D eigenvalue weighted by Gasteiger charge is 2.64. The van der Waals surface area contributed by atoms with Crippen molar-refractivity contribution in [3.8, 4) is 11.5 Å². The van der Waals surface area contributed by atoms with Crippen molar-refractivity contribution in [1.29, 1.82) is 0 Å². The summed E-state index contributed by atoms with van der Waals surface area (Å²) in [4.78, 5) is 12.6. The summed E-state index contributed by atoms with van der Waals surface area (Å²) in [6.07, 6.45) is 6.23. The summed E-state index contributed by atoms with van der Waals surface area (Å²) >= 11 is 18.6. The summed E-state index contributed by atoms with van der Waals surface area (Å²) in [6, 6.07) is 8.65. The van der Waals surface area contributed by atoms with Crippen molar-refractivity contribution in [3.05, 3.63) is 56.5 Å². The molecular formula is C24H25Cl3N2O3. The number of fused-ring (bicyclic) bond motifs is 1. The Hall–Kier alpha value is -1.95. The highest BCUT2D eigenvalue weighted by atomic mass is 35.5. The molecule has 0 heterocycles. The molecule has 0 spiro atoms. The first kappa shape index (κ1) is 23.2. The van der Waals surface area contributed by atoms with Crippen LogP contribution in [0.1, 0.15) is 43.7 Å². The molecule has 2 aromatic rings. The van der Waals surface area contributed by atoms with Gasteiger partial charge in [0.2, 0.25) is 5.91 Å². The topological polar surface area (TPSA) is 59.9 Å². The van der Waals surface area contributed by atoms with Gasteiger partial charge in [0.05, 0.1) is 18.3 Å². The van der Waals surface area contributed by atoms with Gasteiger partial charge in [-0.3, -0.25) is 4.79 Å². The van der Waals surface area contributed by atoms with Crippen molar-refractivity contribution in [1.82, 2.24) is 5.43 Å². The molecule has 0 bridgehead atoms. The smallest absolute Gasteiger partial charge is 0.244 e. The molecule has 0 radical (unpaired) electrons. The van der Waals surface area contributed by atoms with E-state index >= 15 is 0 Å². The van der Waals surface area contributed by atoms with Gasteiger partial charge in [-0.15, -0.1) is 0 Å². The van der Waals surface area contributed by atoms with E-state index in [1.165, 1.54) is 20.0 Å². The zero-order valence-corrected chi connectivity index (χ0v) is 20.2. The van der Waals surface area contributed by atoms with Crippen molar-refractivity contribution in [2.24, 2.45) is 22.4 Å². The highest BCUT2D eigenvalue weighted by Crippen LogP contribution is 2.66. The SMILES string of the molecule is COc1cc(/C=N\NC(=O)[C@@H]2[C@@H]3CCCC[C@]23C)cc(Cl)c1OCc1ccc(Cl)cc1Cl. The summed E-state index contributed by atoms with van der Waals surface area (Å²) in [7, 11) is 1.53. The Morgan fingerprint density at radius 2 is 2.03 bits per heavy atom. The Bertz CT molecular complexity index is 1060. The van der Waals surface area contributed by atoms with Crippen LogP contribution in [0.2, 0.25) is 15.1 Å².